The van der Waals surface area contributed by atoms with E-state index < -0.39 is 11.7 Å². The summed E-state index contributed by atoms with van der Waals surface area (Å²) in [5.41, 5.74) is 1.75. The van der Waals surface area contributed by atoms with Crippen LogP contribution in [-0.2, 0) is 12.6 Å². The number of aromatic nitrogens is 2. The van der Waals surface area contributed by atoms with Crippen LogP contribution in [0.15, 0.2) is 51.4 Å². The fourth-order valence-corrected chi connectivity index (χ4v) is 2.70. The van der Waals surface area contributed by atoms with E-state index in [-0.39, 0.29) is 0 Å². The van der Waals surface area contributed by atoms with Crippen molar-refractivity contribution >= 4 is 15.9 Å². The van der Waals surface area contributed by atoms with Gasteiger partial charge in [0.1, 0.15) is 0 Å². The average molecular weight is 397 g/mol. The summed E-state index contributed by atoms with van der Waals surface area (Å²) in [5, 5.41) is 7.84. The standard InChI is InChI=1S/C17H12BrF3N2O/c1-10-22-23-16(24-10)15-9-14(18)7-4-12(15)8-11-2-5-13(6-3-11)17(19,20)21/h2-7,9H,8H2,1H3. The Morgan fingerprint density at radius 3 is 2.33 bits per heavy atom. The second kappa shape index (κ2) is 6.39. The van der Waals surface area contributed by atoms with Crippen molar-refractivity contribution in [3.05, 3.63) is 69.5 Å². The van der Waals surface area contributed by atoms with Crippen molar-refractivity contribution in [2.45, 2.75) is 19.5 Å². The molecule has 0 unspecified atom stereocenters. The number of nitrogens with zero attached hydrogens (tertiary/aromatic N) is 2. The van der Waals surface area contributed by atoms with E-state index in [4.69, 9.17) is 4.42 Å². The number of alkyl halides is 3. The van der Waals surface area contributed by atoms with Crippen LogP contribution in [0, 0.1) is 6.92 Å². The summed E-state index contributed by atoms with van der Waals surface area (Å²) in [5.74, 6) is 0.834. The van der Waals surface area contributed by atoms with Crippen LogP contribution < -0.4 is 0 Å². The number of rotatable bonds is 3. The van der Waals surface area contributed by atoms with E-state index in [1.165, 1.54) is 12.1 Å². The molecule has 0 aliphatic heterocycles. The largest absolute Gasteiger partial charge is 0.421 e. The monoisotopic (exact) mass is 396 g/mol. The van der Waals surface area contributed by atoms with Crippen LogP contribution in [-0.4, -0.2) is 10.2 Å². The van der Waals surface area contributed by atoms with Crippen LogP contribution >= 0.6 is 15.9 Å². The van der Waals surface area contributed by atoms with E-state index in [0.717, 1.165) is 33.3 Å². The van der Waals surface area contributed by atoms with Gasteiger partial charge in [0, 0.05) is 17.0 Å². The Morgan fingerprint density at radius 1 is 1.04 bits per heavy atom. The molecule has 0 spiro atoms. The molecule has 0 aliphatic rings. The van der Waals surface area contributed by atoms with Crippen LogP contribution in [0.5, 0.6) is 0 Å². The van der Waals surface area contributed by atoms with Crippen LogP contribution in [0.4, 0.5) is 13.2 Å². The predicted molar refractivity (Wildman–Crippen MR) is 86.4 cm³/mol. The molecule has 7 heteroatoms. The van der Waals surface area contributed by atoms with Gasteiger partial charge in [-0.25, -0.2) is 0 Å². The molecule has 0 bridgehead atoms. The summed E-state index contributed by atoms with van der Waals surface area (Å²) in [7, 11) is 0. The molecule has 0 saturated carbocycles. The molecule has 1 heterocycles. The topological polar surface area (TPSA) is 38.9 Å². The normalized spacial score (nSPS) is 11.7. The van der Waals surface area contributed by atoms with E-state index >= 15 is 0 Å². The van der Waals surface area contributed by atoms with Gasteiger partial charge in [0.2, 0.25) is 11.8 Å². The van der Waals surface area contributed by atoms with Crippen LogP contribution in [0.1, 0.15) is 22.6 Å². The van der Waals surface area contributed by atoms with Crippen molar-refractivity contribution in [3.63, 3.8) is 0 Å². The van der Waals surface area contributed by atoms with E-state index in [1.54, 1.807) is 6.92 Å². The van der Waals surface area contributed by atoms with Crippen molar-refractivity contribution < 1.29 is 17.6 Å². The van der Waals surface area contributed by atoms with Gasteiger partial charge in [-0.3, -0.25) is 0 Å². The van der Waals surface area contributed by atoms with Crippen molar-refractivity contribution in [1.29, 1.82) is 0 Å². The average Bonchev–Trinajstić information content (AvgIpc) is 2.95. The van der Waals surface area contributed by atoms with Crippen LogP contribution in [0.2, 0.25) is 0 Å². The van der Waals surface area contributed by atoms with Crippen molar-refractivity contribution in [2.24, 2.45) is 0 Å². The molecular formula is C17H12BrF3N2O. The fraction of sp³-hybridized carbons (Fsp3) is 0.176. The molecule has 2 aromatic carbocycles. The number of halogens is 4. The quantitative estimate of drug-likeness (QED) is 0.593. The Morgan fingerprint density at radius 2 is 1.75 bits per heavy atom. The predicted octanol–water partition coefficient (Wildman–Crippen LogP) is 5.42. The molecule has 24 heavy (non-hydrogen) atoms. The van der Waals surface area contributed by atoms with Crippen LogP contribution in [0.3, 0.4) is 0 Å². The third kappa shape index (κ3) is 3.67. The van der Waals surface area contributed by atoms with Gasteiger partial charge >= 0.3 is 6.18 Å². The fourth-order valence-electron chi connectivity index (χ4n) is 2.34. The molecule has 124 valence electrons. The second-order valence-corrected chi connectivity index (χ2v) is 6.21. The van der Waals surface area contributed by atoms with Crippen molar-refractivity contribution in [1.82, 2.24) is 10.2 Å². The smallest absolute Gasteiger partial charge is 0.416 e. The molecular weight excluding hydrogens is 385 g/mol. The van der Waals surface area contributed by atoms with Crippen molar-refractivity contribution in [2.75, 3.05) is 0 Å². The molecule has 0 aliphatic carbocycles. The van der Waals surface area contributed by atoms with Gasteiger partial charge < -0.3 is 4.42 Å². The zero-order chi connectivity index (χ0) is 17.3. The van der Waals surface area contributed by atoms with Gasteiger partial charge in [0.05, 0.1) is 5.56 Å². The number of hydrogen-bond donors (Lipinski definition) is 0. The molecule has 3 rings (SSSR count). The molecule has 0 radical (unpaired) electrons. The van der Waals surface area contributed by atoms with Gasteiger partial charge in [-0.1, -0.05) is 34.1 Å². The lowest BCUT2D eigenvalue weighted by Gasteiger charge is -2.10. The molecule has 3 aromatic rings. The maximum Gasteiger partial charge on any atom is 0.416 e. The van der Waals surface area contributed by atoms with E-state index in [1.807, 2.05) is 18.2 Å². The van der Waals surface area contributed by atoms with Crippen molar-refractivity contribution in [3.8, 4) is 11.5 Å². The lowest BCUT2D eigenvalue weighted by atomic mass is 9.99. The first-order valence-corrected chi connectivity index (χ1v) is 7.87. The number of benzene rings is 2. The van der Waals surface area contributed by atoms with Gasteiger partial charge in [-0.05, 0) is 41.8 Å². The highest BCUT2D eigenvalue weighted by Crippen LogP contribution is 2.31. The molecule has 0 amide bonds. The number of hydrogen-bond acceptors (Lipinski definition) is 3. The maximum absolute atomic E-state index is 12.6. The second-order valence-electron chi connectivity index (χ2n) is 5.30. The van der Waals surface area contributed by atoms with Crippen LogP contribution in [0.25, 0.3) is 11.5 Å². The van der Waals surface area contributed by atoms with E-state index in [9.17, 15) is 13.2 Å². The molecule has 0 saturated heterocycles. The third-order valence-electron chi connectivity index (χ3n) is 3.50. The van der Waals surface area contributed by atoms with E-state index in [2.05, 4.69) is 26.1 Å². The SMILES string of the molecule is Cc1nnc(-c2cc(Br)ccc2Cc2ccc(C(F)(F)F)cc2)o1. The Hall–Kier alpha value is -2.15. The lowest BCUT2D eigenvalue weighted by Crippen LogP contribution is -2.04. The Kier molecular flexibility index (Phi) is 4.45. The minimum Gasteiger partial charge on any atom is -0.421 e. The molecule has 0 N–H and O–H groups in total. The summed E-state index contributed by atoms with van der Waals surface area (Å²) in [6.45, 7) is 1.70. The van der Waals surface area contributed by atoms with Gasteiger partial charge in [0.15, 0.2) is 0 Å². The Labute approximate surface area is 144 Å². The Bertz CT molecular complexity index is 857. The first-order valence-electron chi connectivity index (χ1n) is 7.08. The molecule has 0 atom stereocenters. The highest BCUT2D eigenvalue weighted by Gasteiger charge is 2.29. The first kappa shape index (κ1) is 16.7. The molecule has 1 aromatic heterocycles. The first-order chi connectivity index (χ1) is 11.3. The highest BCUT2D eigenvalue weighted by atomic mass is 79.9. The lowest BCUT2D eigenvalue weighted by molar-refractivity contribution is -0.137. The van der Waals surface area contributed by atoms with Gasteiger partial charge in [0.25, 0.3) is 0 Å². The Balaban J connectivity index is 1.93. The maximum atomic E-state index is 12.6. The summed E-state index contributed by atoms with van der Waals surface area (Å²) in [6.07, 6.45) is -3.87. The van der Waals surface area contributed by atoms with E-state index in [0.29, 0.717) is 18.2 Å². The summed E-state index contributed by atoms with van der Waals surface area (Å²) in [4.78, 5) is 0. The van der Waals surface area contributed by atoms with Gasteiger partial charge in [-0.2, -0.15) is 13.2 Å². The zero-order valence-electron chi connectivity index (χ0n) is 12.6. The number of aryl methyl sites for hydroxylation is 1. The zero-order valence-corrected chi connectivity index (χ0v) is 14.1. The third-order valence-corrected chi connectivity index (χ3v) is 4.00. The molecule has 0 fully saturated rings. The molecule has 3 nitrogen and oxygen atoms in total. The summed E-state index contributed by atoms with van der Waals surface area (Å²) >= 11 is 3.40. The van der Waals surface area contributed by atoms with Gasteiger partial charge in [-0.15, -0.1) is 10.2 Å². The summed E-state index contributed by atoms with van der Waals surface area (Å²) in [6, 6.07) is 10.7. The minimum absolute atomic E-state index is 0.385. The summed E-state index contributed by atoms with van der Waals surface area (Å²) < 4.78 is 44.3. The highest BCUT2D eigenvalue weighted by molar-refractivity contribution is 9.10. The minimum atomic E-state index is -4.33.